The Hall–Kier alpha value is -2.29. The number of benzene rings is 2. The van der Waals surface area contributed by atoms with Gasteiger partial charge in [-0.1, -0.05) is 36.4 Å². The number of nitrogens with zero attached hydrogens (tertiary/aromatic N) is 2. The van der Waals surface area contributed by atoms with Crippen LogP contribution < -0.4 is 10.2 Å². The highest BCUT2D eigenvalue weighted by atomic mass is 15.2. The van der Waals surface area contributed by atoms with Gasteiger partial charge < -0.3 is 10.2 Å². The van der Waals surface area contributed by atoms with Crippen LogP contribution in [0.1, 0.15) is 5.56 Å². The lowest BCUT2D eigenvalue weighted by Gasteiger charge is -2.27. The molecule has 1 N–H and O–H groups in total. The monoisotopic (exact) mass is 263 g/mol. The van der Waals surface area contributed by atoms with Crippen LogP contribution in [0.3, 0.4) is 0 Å². The van der Waals surface area contributed by atoms with E-state index in [1.54, 1.807) is 0 Å². The number of rotatable bonds is 2. The number of anilines is 2. The Kier molecular flexibility index (Phi) is 2.69. The number of hydrogen-bond donors (Lipinski definition) is 1. The summed E-state index contributed by atoms with van der Waals surface area (Å²) in [5.74, 6) is 1.13. The van der Waals surface area contributed by atoms with Gasteiger partial charge in [-0.25, -0.2) is 0 Å². The van der Waals surface area contributed by atoms with Crippen molar-refractivity contribution in [2.24, 2.45) is 4.99 Å². The number of hydrogen-bond acceptors (Lipinski definition) is 3. The molecule has 0 saturated heterocycles. The molecule has 2 aromatic carbocycles. The van der Waals surface area contributed by atoms with Gasteiger partial charge in [0.15, 0.2) is 0 Å². The lowest BCUT2D eigenvalue weighted by Crippen LogP contribution is -2.41. The van der Waals surface area contributed by atoms with Crippen molar-refractivity contribution in [1.82, 2.24) is 5.32 Å². The molecule has 0 spiro atoms. The third-order valence-electron chi connectivity index (χ3n) is 4.03. The molecule has 0 aliphatic carbocycles. The highest BCUT2D eigenvalue weighted by Crippen LogP contribution is 2.38. The smallest absolute Gasteiger partial charge is 0.120 e. The first kappa shape index (κ1) is 11.5. The molecular weight excluding hydrogens is 246 g/mol. The largest absolute Gasteiger partial charge is 0.370 e. The lowest BCUT2D eigenvalue weighted by atomic mass is 10.1. The maximum atomic E-state index is 4.64. The van der Waals surface area contributed by atoms with Crippen molar-refractivity contribution in [3.05, 3.63) is 60.2 Å². The zero-order valence-electron chi connectivity index (χ0n) is 11.3. The van der Waals surface area contributed by atoms with E-state index in [4.69, 9.17) is 0 Å². The topological polar surface area (TPSA) is 27.6 Å². The van der Waals surface area contributed by atoms with Crippen LogP contribution in [0, 0.1) is 0 Å². The van der Waals surface area contributed by atoms with Gasteiger partial charge >= 0.3 is 0 Å². The van der Waals surface area contributed by atoms with Gasteiger partial charge in [0.1, 0.15) is 5.84 Å². The van der Waals surface area contributed by atoms with Crippen molar-refractivity contribution in [3.8, 4) is 0 Å². The van der Waals surface area contributed by atoms with Gasteiger partial charge in [-0.15, -0.1) is 0 Å². The van der Waals surface area contributed by atoms with Gasteiger partial charge in [0.25, 0.3) is 0 Å². The first-order valence-corrected chi connectivity index (χ1v) is 7.14. The molecule has 0 fully saturated rings. The lowest BCUT2D eigenvalue weighted by molar-refractivity contribution is 0.838. The molecule has 20 heavy (non-hydrogen) atoms. The average Bonchev–Trinajstić information content (AvgIpc) is 3.15. The molecule has 100 valence electrons. The van der Waals surface area contributed by atoms with E-state index in [0.29, 0.717) is 6.04 Å². The molecule has 2 aromatic rings. The third kappa shape index (κ3) is 1.78. The highest BCUT2D eigenvalue weighted by molar-refractivity contribution is 5.96. The summed E-state index contributed by atoms with van der Waals surface area (Å²) >= 11 is 0. The van der Waals surface area contributed by atoms with E-state index < -0.39 is 0 Å². The van der Waals surface area contributed by atoms with E-state index in [0.717, 1.165) is 25.3 Å². The molecule has 1 atom stereocenters. The molecule has 0 amide bonds. The minimum Gasteiger partial charge on any atom is -0.370 e. The third-order valence-corrected chi connectivity index (χ3v) is 4.03. The van der Waals surface area contributed by atoms with Crippen LogP contribution in [0.5, 0.6) is 0 Å². The molecular formula is C17H17N3. The summed E-state index contributed by atoms with van der Waals surface area (Å²) in [6.45, 7) is 1.86. The first-order chi connectivity index (χ1) is 9.93. The summed E-state index contributed by atoms with van der Waals surface area (Å²) in [4.78, 5) is 7.05. The average molecular weight is 263 g/mol. The quantitative estimate of drug-likeness (QED) is 0.902. The Labute approximate surface area is 119 Å². The number of fused-ring (bicyclic) bond motifs is 1. The SMILES string of the molecule is c1ccc(N2c3ccccc3CC2C2=NCCN2)cc1. The van der Waals surface area contributed by atoms with Crippen molar-refractivity contribution < 1.29 is 0 Å². The van der Waals surface area contributed by atoms with E-state index in [-0.39, 0.29) is 0 Å². The zero-order chi connectivity index (χ0) is 13.4. The van der Waals surface area contributed by atoms with Crippen molar-refractivity contribution >= 4 is 17.2 Å². The van der Waals surface area contributed by atoms with Crippen molar-refractivity contribution in [3.63, 3.8) is 0 Å². The Morgan fingerprint density at radius 3 is 2.60 bits per heavy atom. The molecule has 0 bridgehead atoms. The van der Waals surface area contributed by atoms with Gasteiger partial charge in [0.2, 0.25) is 0 Å². The maximum Gasteiger partial charge on any atom is 0.120 e. The molecule has 2 aliphatic heterocycles. The van der Waals surface area contributed by atoms with Gasteiger partial charge in [-0.3, -0.25) is 4.99 Å². The summed E-state index contributed by atoms with van der Waals surface area (Å²) in [5, 5.41) is 3.44. The Balaban J connectivity index is 1.81. The minimum absolute atomic E-state index is 0.303. The van der Waals surface area contributed by atoms with E-state index in [2.05, 4.69) is 69.8 Å². The molecule has 4 rings (SSSR count). The molecule has 2 aliphatic rings. The van der Waals surface area contributed by atoms with Crippen LogP contribution in [0.25, 0.3) is 0 Å². The fourth-order valence-electron chi connectivity index (χ4n) is 3.15. The molecule has 2 heterocycles. The second kappa shape index (κ2) is 4.67. The predicted octanol–water partition coefficient (Wildman–Crippen LogP) is 2.75. The normalized spacial score (nSPS) is 20.5. The van der Waals surface area contributed by atoms with Gasteiger partial charge in [-0.05, 0) is 23.8 Å². The van der Waals surface area contributed by atoms with Crippen molar-refractivity contribution in [1.29, 1.82) is 0 Å². The molecule has 1 unspecified atom stereocenters. The number of amidine groups is 1. The van der Waals surface area contributed by atoms with E-state index in [1.165, 1.54) is 16.9 Å². The Bertz CT molecular complexity index is 648. The second-order valence-electron chi connectivity index (χ2n) is 5.25. The summed E-state index contributed by atoms with van der Waals surface area (Å²) in [7, 11) is 0. The van der Waals surface area contributed by atoms with E-state index in [9.17, 15) is 0 Å². The second-order valence-corrected chi connectivity index (χ2v) is 5.25. The van der Waals surface area contributed by atoms with Crippen LogP contribution in [0.4, 0.5) is 11.4 Å². The molecule has 0 aromatic heterocycles. The zero-order valence-corrected chi connectivity index (χ0v) is 11.3. The molecule has 0 radical (unpaired) electrons. The summed E-state index contributed by atoms with van der Waals surface area (Å²) in [5.41, 5.74) is 3.94. The van der Waals surface area contributed by atoms with Gasteiger partial charge in [0, 0.05) is 24.3 Å². The maximum absolute atomic E-state index is 4.64. The molecule has 3 nitrogen and oxygen atoms in total. The standard InChI is InChI=1S/C17H17N3/c1-2-7-14(8-3-1)20-15-9-5-4-6-13(15)12-16(20)17-18-10-11-19-17/h1-9,16H,10-12H2,(H,18,19). The van der Waals surface area contributed by atoms with E-state index >= 15 is 0 Å². The fourth-order valence-corrected chi connectivity index (χ4v) is 3.15. The summed E-state index contributed by atoms with van der Waals surface area (Å²) in [6.07, 6.45) is 1.02. The van der Waals surface area contributed by atoms with Crippen LogP contribution in [-0.2, 0) is 6.42 Å². The Morgan fingerprint density at radius 1 is 1.00 bits per heavy atom. The van der Waals surface area contributed by atoms with Gasteiger partial charge in [0.05, 0.1) is 12.6 Å². The van der Waals surface area contributed by atoms with Crippen LogP contribution in [0.2, 0.25) is 0 Å². The summed E-state index contributed by atoms with van der Waals surface area (Å²) < 4.78 is 0. The van der Waals surface area contributed by atoms with Crippen molar-refractivity contribution in [2.75, 3.05) is 18.0 Å². The number of para-hydroxylation sites is 2. The van der Waals surface area contributed by atoms with Crippen LogP contribution in [-0.4, -0.2) is 25.0 Å². The highest BCUT2D eigenvalue weighted by Gasteiger charge is 2.34. The Morgan fingerprint density at radius 2 is 1.80 bits per heavy atom. The summed E-state index contributed by atoms with van der Waals surface area (Å²) in [6, 6.07) is 19.6. The predicted molar refractivity (Wildman–Crippen MR) is 82.8 cm³/mol. The number of aliphatic imine (C=N–C) groups is 1. The van der Waals surface area contributed by atoms with Crippen LogP contribution in [0.15, 0.2) is 59.6 Å². The first-order valence-electron chi connectivity index (χ1n) is 7.14. The molecule has 0 saturated carbocycles. The number of nitrogens with one attached hydrogen (secondary N) is 1. The minimum atomic E-state index is 0.303. The molecule has 3 heteroatoms. The van der Waals surface area contributed by atoms with Crippen LogP contribution >= 0.6 is 0 Å². The fraction of sp³-hybridized carbons (Fsp3) is 0.235. The van der Waals surface area contributed by atoms with Crippen molar-refractivity contribution in [2.45, 2.75) is 12.5 Å². The van der Waals surface area contributed by atoms with E-state index in [1.807, 2.05) is 0 Å². The van der Waals surface area contributed by atoms with Gasteiger partial charge in [-0.2, -0.15) is 0 Å².